The third-order valence-electron chi connectivity index (χ3n) is 7.30. The predicted octanol–water partition coefficient (Wildman–Crippen LogP) is 4.97. The minimum atomic E-state index is -0.967. The summed E-state index contributed by atoms with van der Waals surface area (Å²) in [6.07, 6.45) is 5.00. The van der Waals surface area contributed by atoms with Crippen molar-refractivity contribution in [2.24, 2.45) is 11.7 Å². The van der Waals surface area contributed by atoms with E-state index in [2.05, 4.69) is 9.97 Å². The lowest BCUT2D eigenvalue weighted by molar-refractivity contribution is -0.0652. The van der Waals surface area contributed by atoms with Gasteiger partial charge in [0.15, 0.2) is 5.78 Å². The zero-order valence-corrected chi connectivity index (χ0v) is 19.6. The molecule has 0 spiro atoms. The average molecular weight is 484 g/mol. The number of aromatic nitrogens is 2. The second-order valence-corrected chi connectivity index (χ2v) is 9.32. The van der Waals surface area contributed by atoms with E-state index in [0.29, 0.717) is 24.8 Å². The first-order valence-corrected chi connectivity index (χ1v) is 11.7. The number of aliphatic hydroxyl groups is 1. The number of benzene rings is 1. The summed E-state index contributed by atoms with van der Waals surface area (Å²) >= 11 is 0. The van der Waals surface area contributed by atoms with Gasteiger partial charge in [-0.1, -0.05) is 19.9 Å². The van der Waals surface area contributed by atoms with Gasteiger partial charge in [0.2, 0.25) is 0 Å². The summed E-state index contributed by atoms with van der Waals surface area (Å²) in [6, 6.07) is 6.81. The Morgan fingerprint density at radius 2 is 1.83 bits per heavy atom. The Morgan fingerprint density at radius 3 is 2.49 bits per heavy atom. The molecule has 1 aliphatic rings. The normalized spacial score (nSPS) is 24.4. The Morgan fingerprint density at radius 1 is 1.11 bits per heavy atom. The number of nitrogens with two attached hydrogens (primary N) is 1. The van der Waals surface area contributed by atoms with Crippen LogP contribution in [-0.4, -0.2) is 32.5 Å². The molecule has 0 unspecified atom stereocenters. The lowest BCUT2D eigenvalue weighted by Crippen LogP contribution is -2.56. The average Bonchev–Trinajstić information content (AvgIpc) is 2.83. The summed E-state index contributed by atoms with van der Waals surface area (Å²) in [6.45, 7) is 3.90. The molecule has 4 rings (SSSR count). The van der Waals surface area contributed by atoms with Gasteiger partial charge in [0.25, 0.3) is 0 Å². The molecule has 2 heterocycles. The molecule has 0 bridgehead atoms. The van der Waals surface area contributed by atoms with Gasteiger partial charge in [-0.05, 0) is 72.6 Å². The van der Waals surface area contributed by atoms with Crippen LogP contribution in [0.3, 0.4) is 0 Å². The van der Waals surface area contributed by atoms with Crippen LogP contribution in [0.4, 0.5) is 13.2 Å². The van der Waals surface area contributed by atoms with Gasteiger partial charge >= 0.3 is 0 Å². The maximum atomic E-state index is 14.4. The molecular formula is C27H28F3N3O2. The summed E-state index contributed by atoms with van der Waals surface area (Å²) < 4.78 is 42.9. The van der Waals surface area contributed by atoms with E-state index >= 15 is 0 Å². The molecule has 0 saturated heterocycles. The van der Waals surface area contributed by atoms with Crippen molar-refractivity contribution in [3.05, 3.63) is 83.1 Å². The van der Waals surface area contributed by atoms with Crippen LogP contribution >= 0.6 is 0 Å². The highest BCUT2D eigenvalue weighted by Gasteiger charge is 2.44. The molecule has 1 fully saturated rings. The molecule has 2 aromatic heterocycles. The molecule has 5 nitrogen and oxygen atoms in total. The zero-order valence-electron chi connectivity index (χ0n) is 19.6. The molecule has 0 radical (unpaired) electrons. The van der Waals surface area contributed by atoms with E-state index in [1.54, 1.807) is 12.4 Å². The van der Waals surface area contributed by atoms with Crippen LogP contribution in [0.15, 0.2) is 48.8 Å². The first-order valence-electron chi connectivity index (χ1n) is 11.7. The molecular weight excluding hydrogens is 455 g/mol. The molecule has 1 aromatic carbocycles. The van der Waals surface area contributed by atoms with Gasteiger partial charge in [0.05, 0.1) is 11.2 Å². The summed E-state index contributed by atoms with van der Waals surface area (Å²) in [4.78, 5) is 21.3. The maximum Gasteiger partial charge on any atom is 0.185 e. The maximum absolute atomic E-state index is 14.4. The molecule has 0 aliphatic heterocycles. The minimum absolute atomic E-state index is 0.0295. The van der Waals surface area contributed by atoms with E-state index in [1.807, 2.05) is 19.9 Å². The number of hydrogen-bond donors (Lipinski definition) is 2. The number of ketones is 1. The van der Waals surface area contributed by atoms with Gasteiger partial charge in [0, 0.05) is 24.9 Å². The number of halogens is 3. The largest absolute Gasteiger partial charge is 0.388 e. The molecule has 1 aliphatic carbocycles. The number of rotatable bonds is 6. The second kappa shape index (κ2) is 9.87. The Balaban J connectivity index is 1.62. The first-order chi connectivity index (χ1) is 16.7. The molecule has 35 heavy (non-hydrogen) atoms. The van der Waals surface area contributed by atoms with Crippen molar-refractivity contribution < 1.29 is 23.1 Å². The fourth-order valence-electron chi connectivity index (χ4n) is 5.21. The number of hydrogen-bond acceptors (Lipinski definition) is 5. The van der Waals surface area contributed by atoms with E-state index in [0.717, 1.165) is 23.8 Å². The third-order valence-corrected chi connectivity index (χ3v) is 7.30. The van der Waals surface area contributed by atoms with Crippen molar-refractivity contribution in [1.29, 1.82) is 0 Å². The van der Waals surface area contributed by atoms with Gasteiger partial charge in [-0.25, -0.2) is 18.2 Å². The Hall–Kier alpha value is -3.10. The van der Waals surface area contributed by atoms with Gasteiger partial charge in [-0.2, -0.15) is 0 Å². The number of nitrogens with zero attached hydrogens (tertiary/aromatic N) is 2. The summed E-state index contributed by atoms with van der Waals surface area (Å²) in [5, 5.41) is 10.9. The van der Waals surface area contributed by atoms with Gasteiger partial charge in [-0.3, -0.25) is 9.78 Å². The molecule has 1 saturated carbocycles. The lowest BCUT2D eigenvalue weighted by atomic mass is 9.66. The highest BCUT2D eigenvalue weighted by molar-refractivity contribution is 5.96. The zero-order chi connectivity index (χ0) is 25.3. The van der Waals surface area contributed by atoms with Crippen LogP contribution in [0.1, 0.15) is 60.6 Å². The van der Waals surface area contributed by atoms with E-state index < -0.39 is 46.1 Å². The predicted molar refractivity (Wildman–Crippen MR) is 126 cm³/mol. The van der Waals surface area contributed by atoms with E-state index in [4.69, 9.17) is 5.73 Å². The van der Waals surface area contributed by atoms with E-state index in [1.165, 1.54) is 12.1 Å². The Bertz CT molecular complexity index is 1220. The van der Waals surface area contributed by atoms with E-state index in [-0.39, 0.29) is 24.0 Å². The number of carbonyl (C=O) groups is 1. The van der Waals surface area contributed by atoms with Crippen LogP contribution < -0.4 is 5.73 Å². The molecule has 8 heteroatoms. The number of Topliss-reactive ketones (excluding diaryl/α,β-unsaturated/α-hetero) is 1. The van der Waals surface area contributed by atoms with Crippen molar-refractivity contribution in [3.63, 3.8) is 0 Å². The fourth-order valence-corrected chi connectivity index (χ4v) is 5.21. The summed E-state index contributed by atoms with van der Waals surface area (Å²) in [7, 11) is 0. The number of carbonyl (C=O) groups excluding carboxylic acids is 1. The summed E-state index contributed by atoms with van der Waals surface area (Å²) in [5.41, 5.74) is 5.74. The minimum Gasteiger partial charge on any atom is -0.388 e. The monoisotopic (exact) mass is 483 g/mol. The molecule has 0 amide bonds. The fraction of sp³-hybridized carbons (Fsp3) is 0.370. The van der Waals surface area contributed by atoms with Crippen LogP contribution in [0.5, 0.6) is 0 Å². The quantitative estimate of drug-likeness (QED) is 0.484. The van der Waals surface area contributed by atoms with Gasteiger partial charge in [-0.15, -0.1) is 0 Å². The highest BCUT2D eigenvalue weighted by Crippen LogP contribution is 2.43. The lowest BCUT2D eigenvalue weighted by Gasteiger charge is -2.46. The van der Waals surface area contributed by atoms with Crippen LogP contribution in [0.25, 0.3) is 11.3 Å². The standard InChI is InChI=1S/C27H28F3N3O2/c1-3-27(35)15(2)11-16(13-24(27)31)18-9-10-32-14-17(18)12-23(34)22-8-7-21(30)26(33-22)25-19(28)5-4-6-20(25)29/h4-10,14-16,24,35H,3,11-13,31H2,1-2H3/t15-,16+,24+,27+/m1/s1. The molecule has 3 N–H and O–H groups in total. The van der Waals surface area contributed by atoms with Crippen LogP contribution in [-0.2, 0) is 6.42 Å². The van der Waals surface area contributed by atoms with Crippen LogP contribution in [0.2, 0.25) is 0 Å². The third kappa shape index (κ3) is 4.73. The Kier molecular flexibility index (Phi) is 7.05. The topological polar surface area (TPSA) is 89.1 Å². The van der Waals surface area contributed by atoms with Crippen molar-refractivity contribution in [1.82, 2.24) is 9.97 Å². The van der Waals surface area contributed by atoms with Crippen molar-refractivity contribution in [3.8, 4) is 11.3 Å². The summed E-state index contributed by atoms with van der Waals surface area (Å²) in [5.74, 6) is -3.30. The van der Waals surface area contributed by atoms with Crippen LogP contribution in [0, 0.1) is 23.4 Å². The van der Waals surface area contributed by atoms with E-state index in [9.17, 15) is 23.1 Å². The van der Waals surface area contributed by atoms with Crippen molar-refractivity contribution in [2.45, 2.75) is 57.1 Å². The van der Waals surface area contributed by atoms with Gasteiger partial charge in [0.1, 0.15) is 28.8 Å². The second-order valence-electron chi connectivity index (χ2n) is 9.32. The SMILES string of the molecule is CC[C@]1(O)[C@H](C)C[C@H](c2ccncc2CC(=O)c2ccc(F)c(-c3c(F)cccc3F)n2)C[C@@H]1N. The Labute approximate surface area is 202 Å². The molecule has 184 valence electrons. The highest BCUT2D eigenvalue weighted by atomic mass is 19.1. The van der Waals surface area contributed by atoms with Crippen molar-refractivity contribution >= 4 is 5.78 Å². The van der Waals surface area contributed by atoms with Gasteiger partial charge < -0.3 is 10.8 Å². The number of pyridine rings is 2. The first kappa shape index (κ1) is 25.0. The van der Waals surface area contributed by atoms with Crippen molar-refractivity contribution in [2.75, 3.05) is 0 Å². The molecule has 3 aromatic rings. The molecule has 4 atom stereocenters. The smallest absolute Gasteiger partial charge is 0.185 e.